The summed E-state index contributed by atoms with van der Waals surface area (Å²) in [6.45, 7) is 2.26. The fourth-order valence-electron chi connectivity index (χ4n) is 3.26. The minimum Gasteiger partial charge on any atom is -0.378 e. The highest BCUT2D eigenvalue weighted by Gasteiger charge is 2.35. The summed E-state index contributed by atoms with van der Waals surface area (Å²) >= 11 is 0. The summed E-state index contributed by atoms with van der Waals surface area (Å²) in [5.41, 5.74) is 0.360. The normalized spacial score (nSPS) is 19.2. The Bertz CT molecular complexity index is 921. The number of carbonyl (C=O) groups excluding carboxylic acids is 2. The summed E-state index contributed by atoms with van der Waals surface area (Å²) in [5.74, 6) is -1.15. The fourth-order valence-corrected chi connectivity index (χ4v) is 3.26. The van der Waals surface area contributed by atoms with Crippen LogP contribution in [0.25, 0.3) is 0 Å². The molecule has 9 nitrogen and oxygen atoms in total. The van der Waals surface area contributed by atoms with Gasteiger partial charge in [-0.05, 0) is 12.1 Å². The lowest BCUT2D eigenvalue weighted by Crippen LogP contribution is -2.41. The van der Waals surface area contributed by atoms with Crippen LogP contribution in [0.4, 0.5) is 17.5 Å². The zero-order valence-electron chi connectivity index (χ0n) is 14.5. The number of rotatable bonds is 3. The van der Waals surface area contributed by atoms with Crippen molar-refractivity contribution in [2.24, 2.45) is 0 Å². The molecule has 2 aromatic rings. The van der Waals surface area contributed by atoms with Gasteiger partial charge in [-0.25, -0.2) is 0 Å². The van der Waals surface area contributed by atoms with Crippen molar-refractivity contribution >= 4 is 29.3 Å². The van der Waals surface area contributed by atoms with Gasteiger partial charge in [-0.15, -0.1) is 0 Å². The van der Waals surface area contributed by atoms with Gasteiger partial charge in [-0.2, -0.15) is 4.98 Å². The Morgan fingerprint density at radius 1 is 1.19 bits per heavy atom. The fraction of sp³-hybridized carbons (Fsp3) is 0.333. The highest BCUT2D eigenvalue weighted by molar-refractivity contribution is 6.04. The molecule has 0 saturated carbocycles. The van der Waals surface area contributed by atoms with Crippen LogP contribution >= 0.6 is 0 Å². The molecule has 0 bridgehead atoms. The van der Waals surface area contributed by atoms with Crippen molar-refractivity contribution in [1.82, 2.24) is 9.97 Å². The first-order chi connectivity index (χ1) is 13.1. The number of amides is 2. The van der Waals surface area contributed by atoms with E-state index < -0.39 is 17.4 Å². The van der Waals surface area contributed by atoms with Gasteiger partial charge in [-0.3, -0.25) is 19.4 Å². The first-order valence-corrected chi connectivity index (χ1v) is 8.74. The van der Waals surface area contributed by atoms with E-state index >= 15 is 0 Å². The maximum atomic E-state index is 12.7. The monoisotopic (exact) mass is 369 g/mol. The number of hydrogen-bond donors (Lipinski definition) is 3. The molecule has 0 unspecified atom stereocenters. The Balaban J connectivity index is 1.66. The predicted octanol–water partition coefficient (Wildman–Crippen LogP) is 0.671. The molecule has 3 N–H and O–H groups in total. The van der Waals surface area contributed by atoms with E-state index in [1.54, 1.807) is 24.3 Å². The minimum atomic E-state index is -0.899. The van der Waals surface area contributed by atoms with E-state index in [4.69, 9.17) is 4.74 Å². The van der Waals surface area contributed by atoms with Crippen LogP contribution in [0.5, 0.6) is 0 Å². The SMILES string of the molecule is O=C1C[C@H](C(=O)Nc2ccccc2)c2c(nc(N3CCOCC3)[nH]c2=O)N1. The Hall–Kier alpha value is -3.20. The van der Waals surface area contributed by atoms with Crippen molar-refractivity contribution in [1.29, 1.82) is 0 Å². The number of nitrogens with zero attached hydrogens (tertiary/aromatic N) is 2. The third-order valence-electron chi connectivity index (χ3n) is 4.61. The second-order valence-electron chi connectivity index (χ2n) is 6.41. The number of anilines is 3. The Morgan fingerprint density at radius 3 is 2.67 bits per heavy atom. The van der Waals surface area contributed by atoms with Gasteiger partial charge in [0.2, 0.25) is 17.8 Å². The van der Waals surface area contributed by atoms with E-state index in [0.717, 1.165) is 0 Å². The molecule has 3 heterocycles. The maximum Gasteiger partial charge on any atom is 0.258 e. The van der Waals surface area contributed by atoms with Crippen molar-refractivity contribution < 1.29 is 14.3 Å². The molecule has 27 heavy (non-hydrogen) atoms. The van der Waals surface area contributed by atoms with E-state index in [2.05, 4.69) is 20.6 Å². The third kappa shape index (κ3) is 3.54. The molecule has 1 aromatic heterocycles. The summed E-state index contributed by atoms with van der Waals surface area (Å²) in [5, 5.41) is 5.37. The molecule has 1 fully saturated rings. The van der Waals surface area contributed by atoms with Crippen molar-refractivity contribution in [2.75, 3.05) is 41.8 Å². The molecule has 9 heteroatoms. The van der Waals surface area contributed by atoms with Gasteiger partial charge in [0.15, 0.2) is 0 Å². The Kier molecular flexibility index (Phi) is 4.59. The predicted molar refractivity (Wildman–Crippen MR) is 98.9 cm³/mol. The number of H-pyrrole nitrogens is 1. The first kappa shape index (κ1) is 17.2. The highest BCUT2D eigenvalue weighted by atomic mass is 16.5. The number of benzene rings is 1. The molecule has 140 valence electrons. The quantitative estimate of drug-likeness (QED) is 0.732. The van der Waals surface area contributed by atoms with Gasteiger partial charge >= 0.3 is 0 Å². The van der Waals surface area contributed by atoms with Crippen molar-refractivity contribution in [3.05, 3.63) is 46.2 Å². The average Bonchev–Trinajstić information content (AvgIpc) is 2.68. The van der Waals surface area contributed by atoms with E-state index in [1.807, 2.05) is 11.0 Å². The maximum absolute atomic E-state index is 12.7. The van der Waals surface area contributed by atoms with Crippen LogP contribution in [0.2, 0.25) is 0 Å². The smallest absolute Gasteiger partial charge is 0.258 e. The van der Waals surface area contributed by atoms with Crippen LogP contribution in [0, 0.1) is 0 Å². The number of aromatic amines is 1. The summed E-state index contributed by atoms with van der Waals surface area (Å²) in [6, 6.07) is 8.90. The van der Waals surface area contributed by atoms with Gasteiger partial charge in [0.25, 0.3) is 5.56 Å². The second-order valence-corrected chi connectivity index (χ2v) is 6.41. The van der Waals surface area contributed by atoms with Gasteiger partial charge < -0.3 is 20.3 Å². The van der Waals surface area contributed by atoms with E-state index in [9.17, 15) is 14.4 Å². The molecule has 1 saturated heterocycles. The van der Waals surface area contributed by atoms with Gasteiger partial charge in [0.1, 0.15) is 5.82 Å². The number of para-hydroxylation sites is 1. The van der Waals surface area contributed by atoms with Crippen LogP contribution in [0.1, 0.15) is 17.9 Å². The standard InChI is InChI=1S/C18H19N5O4/c24-13-10-12(16(25)19-11-4-2-1-3-5-11)14-15(20-13)21-18(22-17(14)26)23-6-8-27-9-7-23/h1-5,12H,6-10H2,(H,19,25)(H2,20,21,22,24,26)/t12-/m0/s1. The Labute approximate surface area is 154 Å². The van der Waals surface area contributed by atoms with Crippen LogP contribution in [0.15, 0.2) is 35.1 Å². The van der Waals surface area contributed by atoms with Gasteiger partial charge in [-0.1, -0.05) is 18.2 Å². The summed E-state index contributed by atoms with van der Waals surface area (Å²) in [7, 11) is 0. The van der Waals surface area contributed by atoms with Crippen LogP contribution in [-0.4, -0.2) is 48.1 Å². The number of aromatic nitrogens is 2. The average molecular weight is 369 g/mol. The zero-order valence-corrected chi connectivity index (χ0v) is 14.5. The summed E-state index contributed by atoms with van der Waals surface area (Å²) in [4.78, 5) is 46.6. The largest absolute Gasteiger partial charge is 0.378 e. The van der Waals surface area contributed by atoms with Crippen molar-refractivity contribution in [3.8, 4) is 0 Å². The molecule has 4 rings (SSSR count). The van der Waals surface area contributed by atoms with E-state index in [0.29, 0.717) is 37.9 Å². The number of fused-ring (bicyclic) bond motifs is 1. The van der Waals surface area contributed by atoms with Crippen LogP contribution in [0.3, 0.4) is 0 Å². The molecule has 2 aliphatic rings. The molecule has 1 atom stereocenters. The van der Waals surface area contributed by atoms with Crippen molar-refractivity contribution in [2.45, 2.75) is 12.3 Å². The molecule has 0 radical (unpaired) electrons. The molecule has 1 aromatic carbocycles. The lowest BCUT2D eigenvalue weighted by molar-refractivity contribution is -0.123. The minimum absolute atomic E-state index is 0.104. The van der Waals surface area contributed by atoms with E-state index in [-0.39, 0.29) is 23.7 Å². The van der Waals surface area contributed by atoms with E-state index in [1.165, 1.54) is 0 Å². The lowest BCUT2D eigenvalue weighted by atomic mass is 9.92. The first-order valence-electron chi connectivity index (χ1n) is 8.74. The second kappa shape index (κ2) is 7.20. The van der Waals surface area contributed by atoms with Crippen LogP contribution in [-0.2, 0) is 14.3 Å². The molecular formula is C18H19N5O4. The number of hydrogen-bond acceptors (Lipinski definition) is 6. The molecular weight excluding hydrogens is 350 g/mol. The zero-order chi connectivity index (χ0) is 18.8. The molecule has 2 amide bonds. The topological polar surface area (TPSA) is 116 Å². The summed E-state index contributed by atoms with van der Waals surface area (Å²) in [6.07, 6.45) is -0.104. The highest BCUT2D eigenvalue weighted by Crippen LogP contribution is 2.30. The lowest BCUT2D eigenvalue weighted by Gasteiger charge is -2.29. The third-order valence-corrected chi connectivity index (χ3v) is 4.61. The Morgan fingerprint density at radius 2 is 1.93 bits per heavy atom. The summed E-state index contributed by atoms with van der Waals surface area (Å²) < 4.78 is 5.30. The van der Waals surface area contributed by atoms with Crippen LogP contribution < -0.4 is 21.1 Å². The number of ether oxygens (including phenoxy) is 1. The molecule has 0 aliphatic carbocycles. The number of morpholine rings is 1. The number of nitrogens with one attached hydrogen (secondary N) is 3. The number of carbonyl (C=O) groups is 2. The van der Waals surface area contributed by atoms with Gasteiger partial charge in [0, 0.05) is 25.2 Å². The van der Waals surface area contributed by atoms with Gasteiger partial charge in [0.05, 0.1) is 24.7 Å². The molecule has 0 spiro atoms. The molecule has 2 aliphatic heterocycles. The van der Waals surface area contributed by atoms with Crippen molar-refractivity contribution in [3.63, 3.8) is 0 Å².